The first-order chi connectivity index (χ1) is 13.7. The molecule has 1 heterocycles. The smallest absolute Gasteiger partial charge is 0.329 e. The predicted octanol–water partition coefficient (Wildman–Crippen LogP) is 1.31. The van der Waals surface area contributed by atoms with Gasteiger partial charge < -0.3 is 16.2 Å². The number of hydrogen-bond donors (Lipinski definition) is 4. The summed E-state index contributed by atoms with van der Waals surface area (Å²) in [6, 6.07) is 10.0. The number of primary amides is 1. The van der Waals surface area contributed by atoms with E-state index in [1.165, 1.54) is 12.1 Å². The van der Waals surface area contributed by atoms with E-state index in [-0.39, 0.29) is 33.4 Å². The zero-order chi connectivity index (χ0) is 20.9. The van der Waals surface area contributed by atoms with E-state index in [2.05, 4.69) is 15.8 Å². The quantitative estimate of drug-likeness (QED) is 0.420. The fourth-order valence-electron chi connectivity index (χ4n) is 3.78. The second-order valence-electron chi connectivity index (χ2n) is 6.75. The molecule has 29 heavy (non-hydrogen) atoms. The zero-order valence-electron chi connectivity index (χ0n) is 14.7. The van der Waals surface area contributed by atoms with Crippen molar-refractivity contribution in [3.8, 4) is 0 Å². The van der Waals surface area contributed by atoms with Gasteiger partial charge >= 0.3 is 11.8 Å². The Morgan fingerprint density at radius 1 is 1.28 bits per heavy atom. The summed E-state index contributed by atoms with van der Waals surface area (Å²) < 4.78 is 0. The maximum absolute atomic E-state index is 12.9. The van der Waals surface area contributed by atoms with Gasteiger partial charge in [0.15, 0.2) is 5.60 Å². The standard InChI is InChI=1S/C19H14Cl2N4O4/c20-9-6-12-15(13(21)7-9)23-18(28)19(12,29)11-5-8-3-1-2-4-10(8)14(11)24-25-17(27)16(22)26/h1-4,6-7,11,29H,5H2,(H2,22,26)(H,23,28)(H,25,27)/b24-14+/t11-,19-/m0/s1. The van der Waals surface area contributed by atoms with Gasteiger partial charge in [0.05, 0.1) is 22.3 Å². The van der Waals surface area contributed by atoms with Crippen molar-refractivity contribution in [1.29, 1.82) is 0 Å². The molecular weight excluding hydrogens is 419 g/mol. The molecule has 8 nitrogen and oxygen atoms in total. The van der Waals surface area contributed by atoms with Crippen molar-refractivity contribution in [2.75, 3.05) is 5.32 Å². The van der Waals surface area contributed by atoms with E-state index in [4.69, 9.17) is 28.9 Å². The van der Waals surface area contributed by atoms with E-state index in [9.17, 15) is 19.5 Å². The van der Waals surface area contributed by atoms with Crippen LogP contribution in [-0.2, 0) is 26.4 Å². The molecule has 0 spiro atoms. The molecule has 10 heteroatoms. The molecule has 0 bridgehead atoms. The summed E-state index contributed by atoms with van der Waals surface area (Å²) in [5, 5.41) is 18.6. The maximum Gasteiger partial charge on any atom is 0.329 e. The lowest BCUT2D eigenvalue weighted by Gasteiger charge is -2.28. The predicted molar refractivity (Wildman–Crippen MR) is 106 cm³/mol. The molecule has 0 saturated carbocycles. The van der Waals surface area contributed by atoms with E-state index < -0.39 is 29.2 Å². The van der Waals surface area contributed by atoms with Crippen molar-refractivity contribution in [3.63, 3.8) is 0 Å². The Kier molecular flexibility index (Phi) is 4.57. The van der Waals surface area contributed by atoms with Crippen LogP contribution in [0.15, 0.2) is 41.5 Å². The lowest BCUT2D eigenvalue weighted by molar-refractivity contribution is -0.137. The normalized spacial score (nSPS) is 23.5. The number of amides is 3. The molecule has 1 aliphatic carbocycles. The third-order valence-corrected chi connectivity index (χ3v) is 5.62. The summed E-state index contributed by atoms with van der Waals surface area (Å²) in [6.45, 7) is 0. The van der Waals surface area contributed by atoms with Gasteiger partial charge in [0.25, 0.3) is 5.91 Å². The van der Waals surface area contributed by atoms with Gasteiger partial charge in [-0.2, -0.15) is 5.10 Å². The van der Waals surface area contributed by atoms with Crippen LogP contribution in [0.1, 0.15) is 16.7 Å². The molecule has 5 N–H and O–H groups in total. The van der Waals surface area contributed by atoms with Gasteiger partial charge in [-0.1, -0.05) is 47.5 Å². The van der Waals surface area contributed by atoms with Crippen molar-refractivity contribution in [2.24, 2.45) is 16.8 Å². The average Bonchev–Trinajstić information content (AvgIpc) is 3.17. The molecule has 3 amide bonds. The largest absolute Gasteiger partial charge is 0.375 e. The molecule has 0 aromatic heterocycles. The minimum Gasteiger partial charge on any atom is -0.375 e. The number of carbonyl (C=O) groups excluding carboxylic acids is 3. The Hall–Kier alpha value is -2.94. The molecule has 2 aliphatic rings. The van der Waals surface area contributed by atoms with Crippen LogP contribution in [0.25, 0.3) is 0 Å². The second kappa shape index (κ2) is 6.84. The van der Waals surface area contributed by atoms with Crippen LogP contribution in [0, 0.1) is 5.92 Å². The summed E-state index contributed by atoms with van der Waals surface area (Å²) in [7, 11) is 0. The van der Waals surface area contributed by atoms with Crippen molar-refractivity contribution in [3.05, 3.63) is 63.1 Å². The molecular formula is C19H14Cl2N4O4. The molecule has 4 rings (SSSR count). The number of fused-ring (bicyclic) bond motifs is 2. The van der Waals surface area contributed by atoms with Crippen LogP contribution in [0.2, 0.25) is 10.0 Å². The summed E-state index contributed by atoms with van der Waals surface area (Å²) in [5.41, 5.74) is 7.14. The number of halogens is 2. The van der Waals surface area contributed by atoms with E-state index in [1.54, 1.807) is 18.2 Å². The SMILES string of the molecule is NC(=O)C(=O)N/N=C1\c2ccccc2C[C@@H]1[C@@]1(O)C(=O)Nc2c(Cl)cc(Cl)cc21. The highest BCUT2D eigenvalue weighted by Gasteiger charge is 2.55. The Morgan fingerprint density at radius 2 is 2.00 bits per heavy atom. The van der Waals surface area contributed by atoms with E-state index in [0.29, 0.717) is 5.56 Å². The number of hydrazone groups is 1. The first-order valence-electron chi connectivity index (χ1n) is 8.52. The Balaban J connectivity index is 1.86. The van der Waals surface area contributed by atoms with E-state index in [1.807, 2.05) is 6.07 Å². The highest BCUT2D eigenvalue weighted by molar-refractivity contribution is 6.38. The molecule has 0 unspecified atom stereocenters. The third-order valence-electron chi connectivity index (χ3n) is 5.10. The number of nitrogens with one attached hydrogen (secondary N) is 2. The summed E-state index contributed by atoms with van der Waals surface area (Å²) in [6.07, 6.45) is 0.259. The maximum atomic E-state index is 12.9. The number of carbonyl (C=O) groups is 3. The van der Waals surface area contributed by atoms with Gasteiger partial charge in [-0.25, -0.2) is 5.43 Å². The lowest BCUT2D eigenvalue weighted by atomic mass is 9.79. The molecule has 0 saturated heterocycles. The molecule has 1 aliphatic heterocycles. The van der Waals surface area contributed by atoms with Crippen molar-refractivity contribution in [2.45, 2.75) is 12.0 Å². The lowest BCUT2D eigenvalue weighted by Crippen LogP contribution is -2.45. The van der Waals surface area contributed by atoms with Gasteiger partial charge in [-0.15, -0.1) is 0 Å². The summed E-state index contributed by atoms with van der Waals surface area (Å²) in [4.78, 5) is 35.5. The van der Waals surface area contributed by atoms with Crippen molar-refractivity contribution >= 4 is 52.3 Å². The highest BCUT2D eigenvalue weighted by Crippen LogP contribution is 2.49. The van der Waals surface area contributed by atoms with Crippen LogP contribution in [0.3, 0.4) is 0 Å². The number of aliphatic hydroxyl groups is 1. The van der Waals surface area contributed by atoms with Gasteiger partial charge in [0, 0.05) is 16.1 Å². The minimum atomic E-state index is -2.04. The zero-order valence-corrected chi connectivity index (χ0v) is 16.2. The van der Waals surface area contributed by atoms with Crippen LogP contribution < -0.4 is 16.5 Å². The molecule has 148 valence electrons. The number of hydrogen-bond acceptors (Lipinski definition) is 5. The Morgan fingerprint density at radius 3 is 2.72 bits per heavy atom. The summed E-state index contributed by atoms with van der Waals surface area (Å²) >= 11 is 12.3. The fourth-order valence-corrected chi connectivity index (χ4v) is 4.32. The number of rotatable bonds is 2. The third kappa shape index (κ3) is 2.96. The van der Waals surface area contributed by atoms with Crippen LogP contribution in [-0.4, -0.2) is 28.5 Å². The first kappa shape index (κ1) is 19.4. The topological polar surface area (TPSA) is 134 Å². The van der Waals surface area contributed by atoms with Gasteiger partial charge in [0.1, 0.15) is 0 Å². The summed E-state index contributed by atoms with van der Waals surface area (Å²) in [5.74, 6) is -3.89. The average molecular weight is 433 g/mol. The van der Waals surface area contributed by atoms with Crippen LogP contribution >= 0.6 is 23.2 Å². The molecule has 2 atom stereocenters. The number of anilines is 1. The fraction of sp³-hybridized carbons (Fsp3) is 0.158. The van der Waals surface area contributed by atoms with Gasteiger partial charge in [-0.3, -0.25) is 14.4 Å². The number of nitrogens with zero attached hydrogens (tertiary/aromatic N) is 1. The first-order valence-corrected chi connectivity index (χ1v) is 9.28. The monoisotopic (exact) mass is 432 g/mol. The van der Waals surface area contributed by atoms with E-state index >= 15 is 0 Å². The Labute approximate surface area is 174 Å². The Bertz CT molecular complexity index is 1120. The van der Waals surface area contributed by atoms with Gasteiger partial charge in [-0.05, 0) is 24.1 Å². The number of benzene rings is 2. The van der Waals surface area contributed by atoms with Crippen LogP contribution in [0.5, 0.6) is 0 Å². The minimum absolute atomic E-state index is 0.188. The molecule has 2 aromatic carbocycles. The second-order valence-corrected chi connectivity index (χ2v) is 7.59. The van der Waals surface area contributed by atoms with Gasteiger partial charge in [0.2, 0.25) is 0 Å². The molecule has 2 aromatic rings. The molecule has 0 fully saturated rings. The van der Waals surface area contributed by atoms with Crippen molar-refractivity contribution < 1.29 is 19.5 Å². The van der Waals surface area contributed by atoms with Crippen LogP contribution in [0.4, 0.5) is 5.69 Å². The molecule has 0 radical (unpaired) electrons. The van der Waals surface area contributed by atoms with E-state index in [0.717, 1.165) is 5.56 Å². The van der Waals surface area contributed by atoms with Crippen molar-refractivity contribution in [1.82, 2.24) is 5.43 Å². The highest BCUT2D eigenvalue weighted by atomic mass is 35.5. The number of nitrogens with two attached hydrogens (primary N) is 1.